The number of nitrogens with two attached hydrogens (primary N) is 1. The van der Waals surface area contributed by atoms with E-state index in [1.54, 1.807) is 32.4 Å². The Morgan fingerprint density at radius 3 is 2.43 bits per heavy atom. The average molecular weight is 314 g/mol. The lowest BCUT2D eigenvalue weighted by Crippen LogP contribution is -2.44. The van der Waals surface area contributed by atoms with E-state index in [0.717, 1.165) is 6.42 Å². The van der Waals surface area contributed by atoms with Crippen molar-refractivity contribution in [1.82, 2.24) is 4.31 Å². The highest BCUT2D eigenvalue weighted by Gasteiger charge is 2.33. The number of rotatable bonds is 7. The van der Waals surface area contributed by atoms with Crippen molar-refractivity contribution in [3.63, 3.8) is 0 Å². The van der Waals surface area contributed by atoms with Crippen LogP contribution in [0.3, 0.4) is 0 Å². The molecule has 0 saturated heterocycles. The number of hydrogen-bond acceptors (Lipinski definition) is 4. The lowest BCUT2D eigenvalue weighted by atomic mass is 10.0. The van der Waals surface area contributed by atoms with Crippen LogP contribution < -0.4 is 10.5 Å². The van der Waals surface area contributed by atoms with Gasteiger partial charge in [-0.2, -0.15) is 4.31 Å². The number of sulfonamides is 1. The van der Waals surface area contributed by atoms with E-state index in [0.29, 0.717) is 29.2 Å². The highest BCUT2D eigenvalue weighted by atomic mass is 32.2. The zero-order valence-electron chi connectivity index (χ0n) is 13.5. The van der Waals surface area contributed by atoms with Gasteiger partial charge in [-0.3, -0.25) is 0 Å². The maximum Gasteiger partial charge on any atom is 0.243 e. The Morgan fingerprint density at radius 1 is 1.33 bits per heavy atom. The van der Waals surface area contributed by atoms with Crippen LogP contribution in [0.5, 0.6) is 5.75 Å². The van der Waals surface area contributed by atoms with E-state index in [4.69, 9.17) is 10.5 Å². The van der Waals surface area contributed by atoms with Crippen LogP contribution in [0.2, 0.25) is 0 Å². The summed E-state index contributed by atoms with van der Waals surface area (Å²) >= 11 is 0. The third-order valence-electron chi connectivity index (χ3n) is 4.04. The molecule has 1 aromatic rings. The first-order valence-corrected chi connectivity index (χ1v) is 8.50. The molecule has 0 unspecified atom stereocenters. The van der Waals surface area contributed by atoms with E-state index in [2.05, 4.69) is 0 Å². The van der Waals surface area contributed by atoms with Crippen molar-refractivity contribution < 1.29 is 13.2 Å². The Bertz CT molecular complexity index is 583. The second kappa shape index (κ2) is 6.77. The summed E-state index contributed by atoms with van der Waals surface area (Å²) in [6.45, 7) is 6.19. The number of benzene rings is 1. The number of ether oxygens (including phenoxy) is 1. The molecular weight excluding hydrogens is 288 g/mol. The SMILES string of the molecule is CCC(C)(C)N(C)S(=O)(=O)c1ccc(OC)cc1CCN. The largest absolute Gasteiger partial charge is 0.497 e. The molecule has 0 bridgehead atoms. The minimum Gasteiger partial charge on any atom is -0.497 e. The first-order valence-electron chi connectivity index (χ1n) is 7.06. The zero-order chi connectivity index (χ0) is 16.3. The van der Waals surface area contributed by atoms with Gasteiger partial charge in [0.2, 0.25) is 10.0 Å². The van der Waals surface area contributed by atoms with Gasteiger partial charge >= 0.3 is 0 Å². The Hall–Kier alpha value is -1.11. The van der Waals surface area contributed by atoms with Crippen molar-refractivity contribution in [2.75, 3.05) is 20.7 Å². The topological polar surface area (TPSA) is 72.6 Å². The van der Waals surface area contributed by atoms with Gasteiger partial charge in [0.15, 0.2) is 0 Å². The van der Waals surface area contributed by atoms with Crippen molar-refractivity contribution >= 4 is 10.0 Å². The number of methoxy groups -OCH3 is 1. The van der Waals surface area contributed by atoms with E-state index in [1.165, 1.54) is 4.31 Å². The zero-order valence-corrected chi connectivity index (χ0v) is 14.3. The Balaban J connectivity index is 3.37. The van der Waals surface area contributed by atoms with Crippen LogP contribution in [0.4, 0.5) is 0 Å². The molecule has 120 valence electrons. The van der Waals surface area contributed by atoms with Crippen LogP contribution in [0, 0.1) is 0 Å². The molecule has 1 aromatic carbocycles. The van der Waals surface area contributed by atoms with Gasteiger partial charge in [0, 0.05) is 12.6 Å². The standard InChI is InChI=1S/C15H26N2O3S/c1-6-15(2,3)17(4)21(18,19)14-8-7-13(20-5)11-12(14)9-10-16/h7-8,11H,6,9-10,16H2,1-5H3. The van der Waals surface area contributed by atoms with Gasteiger partial charge in [0.05, 0.1) is 12.0 Å². The Kier molecular flexibility index (Phi) is 5.78. The van der Waals surface area contributed by atoms with Crippen LogP contribution >= 0.6 is 0 Å². The quantitative estimate of drug-likeness (QED) is 0.835. The predicted octanol–water partition coefficient (Wildman–Crippen LogP) is 2.01. The first kappa shape index (κ1) is 17.9. The predicted molar refractivity (Wildman–Crippen MR) is 85.1 cm³/mol. The van der Waals surface area contributed by atoms with Crippen molar-refractivity contribution in [2.45, 2.75) is 44.0 Å². The molecule has 6 heteroatoms. The fourth-order valence-electron chi connectivity index (χ4n) is 1.98. The van der Waals surface area contributed by atoms with E-state index in [1.807, 2.05) is 20.8 Å². The van der Waals surface area contributed by atoms with Crippen LogP contribution in [0.15, 0.2) is 23.1 Å². The minimum atomic E-state index is -3.56. The van der Waals surface area contributed by atoms with Crippen LogP contribution in [-0.4, -0.2) is 39.0 Å². The summed E-state index contributed by atoms with van der Waals surface area (Å²) in [5, 5.41) is 0. The molecule has 0 radical (unpaired) electrons. The van der Waals surface area contributed by atoms with Crippen molar-refractivity contribution in [3.05, 3.63) is 23.8 Å². The fraction of sp³-hybridized carbons (Fsp3) is 0.600. The summed E-state index contributed by atoms with van der Waals surface area (Å²) in [6, 6.07) is 5.01. The third-order valence-corrected chi connectivity index (χ3v) is 6.21. The number of nitrogens with zero attached hydrogens (tertiary/aromatic N) is 1. The van der Waals surface area contributed by atoms with Crippen molar-refractivity contribution in [2.24, 2.45) is 5.73 Å². The second-order valence-electron chi connectivity index (χ2n) is 5.65. The molecule has 0 fully saturated rings. The van der Waals surface area contributed by atoms with Crippen LogP contribution in [0.1, 0.15) is 32.8 Å². The normalized spacial score (nSPS) is 12.7. The molecule has 5 nitrogen and oxygen atoms in total. The van der Waals surface area contributed by atoms with Gasteiger partial charge in [-0.25, -0.2) is 8.42 Å². The average Bonchev–Trinajstić information content (AvgIpc) is 2.46. The van der Waals surface area contributed by atoms with Gasteiger partial charge in [-0.15, -0.1) is 0 Å². The van der Waals surface area contributed by atoms with Crippen molar-refractivity contribution in [3.8, 4) is 5.75 Å². The third kappa shape index (κ3) is 3.75. The molecule has 0 atom stereocenters. The molecule has 0 aliphatic heterocycles. The Morgan fingerprint density at radius 2 is 1.95 bits per heavy atom. The molecule has 0 aromatic heterocycles. The molecule has 21 heavy (non-hydrogen) atoms. The molecule has 0 aliphatic carbocycles. The van der Waals surface area contributed by atoms with Crippen LogP contribution in [0.25, 0.3) is 0 Å². The monoisotopic (exact) mass is 314 g/mol. The molecule has 1 rings (SSSR count). The van der Waals surface area contributed by atoms with E-state index < -0.39 is 15.6 Å². The lowest BCUT2D eigenvalue weighted by Gasteiger charge is -2.34. The Labute approximate surface area is 128 Å². The lowest BCUT2D eigenvalue weighted by molar-refractivity contribution is 0.257. The maximum atomic E-state index is 12.9. The van der Waals surface area contributed by atoms with Crippen molar-refractivity contribution in [1.29, 1.82) is 0 Å². The van der Waals surface area contributed by atoms with Gasteiger partial charge < -0.3 is 10.5 Å². The highest BCUT2D eigenvalue weighted by molar-refractivity contribution is 7.89. The summed E-state index contributed by atoms with van der Waals surface area (Å²) in [5.41, 5.74) is 5.85. The van der Waals surface area contributed by atoms with E-state index >= 15 is 0 Å². The molecule has 0 amide bonds. The fourth-order valence-corrected chi connectivity index (χ4v) is 3.79. The van der Waals surface area contributed by atoms with Gasteiger partial charge in [-0.05, 0) is 57.0 Å². The van der Waals surface area contributed by atoms with E-state index in [9.17, 15) is 8.42 Å². The van der Waals surface area contributed by atoms with Crippen LogP contribution in [-0.2, 0) is 16.4 Å². The molecule has 0 spiro atoms. The van der Waals surface area contributed by atoms with Gasteiger partial charge in [-0.1, -0.05) is 6.92 Å². The first-order chi connectivity index (χ1) is 9.70. The summed E-state index contributed by atoms with van der Waals surface area (Å²) in [6.07, 6.45) is 1.22. The summed E-state index contributed by atoms with van der Waals surface area (Å²) in [4.78, 5) is 0.303. The van der Waals surface area contributed by atoms with Gasteiger partial charge in [0.25, 0.3) is 0 Å². The number of hydrogen-bond donors (Lipinski definition) is 1. The molecule has 0 saturated carbocycles. The smallest absolute Gasteiger partial charge is 0.243 e. The summed E-state index contributed by atoms with van der Waals surface area (Å²) in [5.74, 6) is 0.634. The summed E-state index contributed by atoms with van der Waals surface area (Å²) < 4.78 is 32.4. The second-order valence-corrected chi connectivity index (χ2v) is 7.59. The summed E-state index contributed by atoms with van der Waals surface area (Å²) in [7, 11) is -0.386. The molecule has 2 N–H and O–H groups in total. The molecular formula is C15H26N2O3S. The van der Waals surface area contributed by atoms with Gasteiger partial charge in [0.1, 0.15) is 5.75 Å². The molecule has 0 aliphatic rings. The maximum absolute atomic E-state index is 12.9. The van der Waals surface area contributed by atoms with E-state index in [-0.39, 0.29) is 0 Å². The molecule has 0 heterocycles. The minimum absolute atomic E-state index is 0.303. The highest BCUT2D eigenvalue weighted by Crippen LogP contribution is 2.29.